The maximum absolute atomic E-state index is 12.7. The molecule has 0 atom stereocenters. The number of piperazine rings is 1. The highest BCUT2D eigenvalue weighted by Crippen LogP contribution is 2.32. The minimum absolute atomic E-state index is 0.0172. The number of pyridine rings is 1. The Morgan fingerprint density at radius 3 is 2.46 bits per heavy atom. The van der Waals surface area contributed by atoms with Gasteiger partial charge in [-0.25, -0.2) is 9.78 Å². The zero-order valence-electron chi connectivity index (χ0n) is 15.8. The van der Waals surface area contributed by atoms with Gasteiger partial charge in [-0.15, -0.1) is 0 Å². The standard InChI is InChI=1S/C19H23N5O4/c1-14-13-17(15-3-2-4-16(24(26)27)18(15)20-14)21-5-7-22(8-6-21)19(25)23-9-11-28-12-10-23/h2-4,13H,5-12H2,1H3. The van der Waals surface area contributed by atoms with E-state index in [1.54, 1.807) is 6.07 Å². The van der Waals surface area contributed by atoms with E-state index in [1.807, 2.05) is 28.9 Å². The van der Waals surface area contributed by atoms with Gasteiger partial charge in [0.25, 0.3) is 5.69 Å². The first kappa shape index (κ1) is 18.4. The molecule has 0 aliphatic carbocycles. The third-order valence-corrected chi connectivity index (χ3v) is 5.29. The zero-order valence-corrected chi connectivity index (χ0v) is 15.8. The fourth-order valence-corrected chi connectivity index (χ4v) is 3.84. The zero-order chi connectivity index (χ0) is 19.7. The molecule has 1 aromatic heterocycles. The van der Waals surface area contributed by atoms with Gasteiger partial charge in [0.05, 0.1) is 18.1 Å². The summed E-state index contributed by atoms with van der Waals surface area (Å²) in [6.45, 7) is 6.89. The molecule has 28 heavy (non-hydrogen) atoms. The van der Waals surface area contributed by atoms with Crippen molar-refractivity contribution in [2.75, 3.05) is 57.4 Å². The number of non-ortho nitro benzene ring substituents is 1. The molecule has 0 bridgehead atoms. The lowest BCUT2D eigenvalue weighted by Gasteiger charge is -2.39. The van der Waals surface area contributed by atoms with E-state index in [4.69, 9.17) is 4.74 Å². The van der Waals surface area contributed by atoms with Gasteiger partial charge in [0.2, 0.25) is 0 Å². The van der Waals surface area contributed by atoms with Crippen molar-refractivity contribution >= 4 is 28.3 Å². The lowest BCUT2D eigenvalue weighted by atomic mass is 10.1. The molecule has 2 aliphatic rings. The second-order valence-electron chi connectivity index (χ2n) is 7.07. The molecule has 2 aliphatic heterocycles. The fraction of sp³-hybridized carbons (Fsp3) is 0.474. The van der Waals surface area contributed by atoms with Crippen LogP contribution in [-0.2, 0) is 4.74 Å². The highest BCUT2D eigenvalue weighted by atomic mass is 16.6. The normalized spacial score (nSPS) is 17.8. The minimum Gasteiger partial charge on any atom is -0.378 e. The Labute approximate surface area is 162 Å². The number of nitro groups is 1. The van der Waals surface area contributed by atoms with Crippen molar-refractivity contribution in [1.82, 2.24) is 14.8 Å². The lowest BCUT2D eigenvalue weighted by molar-refractivity contribution is -0.383. The van der Waals surface area contributed by atoms with Crippen molar-refractivity contribution in [3.8, 4) is 0 Å². The monoisotopic (exact) mass is 385 g/mol. The maximum atomic E-state index is 12.7. The summed E-state index contributed by atoms with van der Waals surface area (Å²) in [5, 5.41) is 12.1. The Balaban J connectivity index is 1.55. The molecule has 2 amide bonds. The predicted molar refractivity (Wildman–Crippen MR) is 105 cm³/mol. The molecule has 0 N–H and O–H groups in total. The summed E-state index contributed by atoms with van der Waals surface area (Å²) < 4.78 is 5.32. The van der Waals surface area contributed by atoms with Gasteiger partial charge < -0.3 is 19.4 Å². The van der Waals surface area contributed by atoms with E-state index >= 15 is 0 Å². The molecule has 0 unspecified atom stereocenters. The van der Waals surface area contributed by atoms with Crippen LogP contribution in [0.2, 0.25) is 0 Å². The number of aryl methyl sites for hydroxylation is 1. The number of morpholine rings is 1. The number of fused-ring (bicyclic) bond motifs is 1. The van der Waals surface area contributed by atoms with Gasteiger partial charge in [0.15, 0.2) is 5.52 Å². The first-order valence-electron chi connectivity index (χ1n) is 9.46. The van der Waals surface area contributed by atoms with Crippen LogP contribution in [0.15, 0.2) is 24.3 Å². The SMILES string of the molecule is Cc1cc(N2CCN(C(=O)N3CCOCC3)CC2)c2cccc([N+](=O)[O-])c2n1. The molecule has 0 spiro atoms. The average Bonchev–Trinajstić information content (AvgIpc) is 2.73. The quantitative estimate of drug-likeness (QED) is 0.580. The third-order valence-electron chi connectivity index (χ3n) is 5.29. The van der Waals surface area contributed by atoms with Crippen molar-refractivity contribution in [2.45, 2.75) is 6.92 Å². The Morgan fingerprint density at radius 1 is 1.11 bits per heavy atom. The van der Waals surface area contributed by atoms with Crippen molar-refractivity contribution in [1.29, 1.82) is 0 Å². The first-order valence-corrected chi connectivity index (χ1v) is 9.46. The van der Waals surface area contributed by atoms with Crippen LogP contribution in [0.3, 0.4) is 0 Å². The molecule has 2 saturated heterocycles. The first-order chi connectivity index (χ1) is 13.5. The van der Waals surface area contributed by atoms with Gasteiger partial charge in [-0.1, -0.05) is 12.1 Å². The number of nitro benzene ring substituents is 1. The molecule has 3 heterocycles. The smallest absolute Gasteiger partial charge is 0.320 e. The van der Waals surface area contributed by atoms with Crippen molar-refractivity contribution in [3.63, 3.8) is 0 Å². The van der Waals surface area contributed by atoms with E-state index in [1.165, 1.54) is 6.07 Å². The highest BCUT2D eigenvalue weighted by molar-refractivity contribution is 5.97. The van der Waals surface area contributed by atoms with Crippen molar-refractivity contribution in [3.05, 3.63) is 40.1 Å². The molecule has 9 heteroatoms. The van der Waals surface area contributed by atoms with E-state index in [0.717, 1.165) is 16.8 Å². The molecule has 2 aromatic rings. The van der Waals surface area contributed by atoms with E-state index < -0.39 is 4.92 Å². The van der Waals surface area contributed by atoms with Crippen molar-refractivity contribution < 1.29 is 14.5 Å². The number of urea groups is 1. The summed E-state index contributed by atoms with van der Waals surface area (Å²) in [5.41, 5.74) is 2.10. The van der Waals surface area contributed by atoms with E-state index in [9.17, 15) is 14.9 Å². The van der Waals surface area contributed by atoms with Crippen LogP contribution in [-0.4, -0.2) is 78.2 Å². The predicted octanol–water partition coefficient (Wildman–Crippen LogP) is 2.03. The number of rotatable bonds is 2. The van der Waals surface area contributed by atoms with Crippen LogP contribution in [0.5, 0.6) is 0 Å². The van der Waals surface area contributed by atoms with Crippen LogP contribution in [0.1, 0.15) is 5.69 Å². The number of benzene rings is 1. The van der Waals surface area contributed by atoms with Crippen LogP contribution < -0.4 is 4.90 Å². The summed E-state index contributed by atoms with van der Waals surface area (Å²) in [4.78, 5) is 34.0. The molecule has 0 radical (unpaired) electrons. The molecule has 9 nitrogen and oxygen atoms in total. The Hall–Kier alpha value is -2.94. The molecule has 2 fully saturated rings. The number of para-hydroxylation sites is 1. The van der Waals surface area contributed by atoms with Gasteiger partial charge >= 0.3 is 6.03 Å². The highest BCUT2D eigenvalue weighted by Gasteiger charge is 2.27. The van der Waals surface area contributed by atoms with Crippen molar-refractivity contribution in [2.24, 2.45) is 0 Å². The van der Waals surface area contributed by atoms with Gasteiger partial charge in [-0.2, -0.15) is 0 Å². The summed E-state index contributed by atoms with van der Waals surface area (Å²) in [5.74, 6) is 0. The van der Waals surface area contributed by atoms with Crippen LogP contribution in [0.4, 0.5) is 16.2 Å². The number of nitrogens with zero attached hydrogens (tertiary/aromatic N) is 5. The van der Waals surface area contributed by atoms with Crippen LogP contribution in [0, 0.1) is 17.0 Å². The summed E-state index contributed by atoms with van der Waals surface area (Å²) in [7, 11) is 0. The topological polar surface area (TPSA) is 92.0 Å². The van der Waals surface area contributed by atoms with Crippen LogP contribution >= 0.6 is 0 Å². The number of anilines is 1. The average molecular weight is 385 g/mol. The molecule has 0 saturated carbocycles. The minimum atomic E-state index is -0.391. The molecular formula is C19H23N5O4. The summed E-state index contributed by atoms with van der Waals surface area (Å²) in [6.07, 6.45) is 0. The molecule has 148 valence electrons. The van der Waals surface area contributed by atoms with Gasteiger partial charge in [-0.3, -0.25) is 10.1 Å². The third kappa shape index (κ3) is 3.45. The van der Waals surface area contributed by atoms with E-state index in [2.05, 4.69) is 9.88 Å². The van der Waals surface area contributed by atoms with Crippen LogP contribution in [0.25, 0.3) is 10.9 Å². The van der Waals surface area contributed by atoms with Gasteiger partial charge in [-0.05, 0) is 13.0 Å². The number of hydrogen-bond donors (Lipinski definition) is 0. The Kier molecular flexibility index (Phi) is 4.99. The Morgan fingerprint density at radius 2 is 1.79 bits per heavy atom. The lowest BCUT2D eigenvalue weighted by Crippen LogP contribution is -2.54. The van der Waals surface area contributed by atoms with E-state index in [-0.39, 0.29) is 11.7 Å². The number of aromatic nitrogens is 1. The number of hydrogen-bond acceptors (Lipinski definition) is 6. The molecular weight excluding hydrogens is 362 g/mol. The van der Waals surface area contributed by atoms with Gasteiger partial charge in [0, 0.05) is 62.1 Å². The van der Waals surface area contributed by atoms with E-state index in [0.29, 0.717) is 58.0 Å². The Bertz CT molecular complexity index is 905. The second kappa shape index (κ2) is 7.59. The maximum Gasteiger partial charge on any atom is 0.320 e. The number of amides is 2. The summed E-state index contributed by atoms with van der Waals surface area (Å²) in [6, 6.07) is 7.08. The summed E-state index contributed by atoms with van der Waals surface area (Å²) >= 11 is 0. The number of ether oxygens (including phenoxy) is 1. The fourth-order valence-electron chi connectivity index (χ4n) is 3.84. The molecule has 1 aromatic carbocycles. The number of carbonyl (C=O) groups excluding carboxylic acids is 1. The van der Waals surface area contributed by atoms with Gasteiger partial charge in [0.1, 0.15) is 0 Å². The number of carbonyl (C=O) groups is 1. The molecule has 4 rings (SSSR count). The largest absolute Gasteiger partial charge is 0.378 e. The second-order valence-corrected chi connectivity index (χ2v) is 7.07.